The van der Waals surface area contributed by atoms with Crippen LogP contribution in [0.2, 0.25) is 5.02 Å². The number of nitrogens with zero attached hydrogens (tertiary/aromatic N) is 2. The minimum atomic E-state index is -4.25. The summed E-state index contributed by atoms with van der Waals surface area (Å²) in [4.78, 5) is 29.8. The predicted octanol–water partition coefficient (Wildman–Crippen LogP) is 6.41. The van der Waals surface area contributed by atoms with Gasteiger partial charge in [0.05, 0.1) is 22.7 Å². The van der Waals surface area contributed by atoms with Crippen LogP contribution < -0.4 is 14.4 Å². The fraction of sp³-hybridized carbons (Fsp3) is 0.278. The van der Waals surface area contributed by atoms with Crippen LogP contribution in [0.25, 0.3) is 0 Å². The molecule has 242 valence electrons. The van der Waals surface area contributed by atoms with E-state index in [4.69, 9.17) is 16.3 Å². The lowest BCUT2D eigenvalue weighted by Gasteiger charge is -2.34. The van der Waals surface area contributed by atoms with E-state index in [1.807, 2.05) is 74.5 Å². The molecule has 1 atom stereocenters. The number of hydrogen-bond acceptors (Lipinski definition) is 5. The van der Waals surface area contributed by atoms with Crippen LogP contribution in [0, 0.1) is 6.92 Å². The van der Waals surface area contributed by atoms with Gasteiger partial charge in [-0.25, -0.2) is 8.42 Å². The van der Waals surface area contributed by atoms with Crippen molar-refractivity contribution in [3.8, 4) is 5.75 Å². The van der Waals surface area contributed by atoms with Gasteiger partial charge in [-0.2, -0.15) is 0 Å². The molecular formula is C36H40ClN3O5S. The first-order chi connectivity index (χ1) is 22.1. The Kier molecular flexibility index (Phi) is 12.2. The Hall–Kier alpha value is -4.34. The smallest absolute Gasteiger partial charge is 0.264 e. The number of rotatable bonds is 15. The number of methoxy groups -OCH3 is 1. The fourth-order valence-corrected chi connectivity index (χ4v) is 6.67. The van der Waals surface area contributed by atoms with E-state index in [-0.39, 0.29) is 34.5 Å². The summed E-state index contributed by atoms with van der Waals surface area (Å²) in [6, 6.07) is 28.9. The van der Waals surface area contributed by atoms with Crippen LogP contribution >= 0.6 is 11.6 Å². The maximum absolute atomic E-state index is 14.5. The molecule has 0 aliphatic rings. The van der Waals surface area contributed by atoms with Crippen LogP contribution in [0.4, 0.5) is 5.69 Å². The average molecular weight is 662 g/mol. The Morgan fingerprint density at radius 2 is 1.52 bits per heavy atom. The first-order valence-corrected chi connectivity index (χ1v) is 17.0. The molecule has 0 heterocycles. The monoisotopic (exact) mass is 661 g/mol. The van der Waals surface area contributed by atoms with Gasteiger partial charge in [0.25, 0.3) is 10.0 Å². The Balaban J connectivity index is 1.80. The van der Waals surface area contributed by atoms with Gasteiger partial charge in [-0.15, -0.1) is 0 Å². The summed E-state index contributed by atoms with van der Waals surface area (Å²) < 4.78 is 34.7. The summed E-state index contributed by atoms with van der Waals surface area (Å²) in [6.07, 6.45) is 1.93. The summed E-state index contributed by atoms with van der Waals surface area (Å²) in [5, 5.41) is 3.19. The van der Waals surface area contributed by atoms with Gasteiger partial charge in [-0.3, -0.25) is 13.9 Å². The molecule has 2 amide bonds. The zero-order chi connectivity index (χ0) is 33.1. The molecule has 0 aliphatic carbocycles. The zero-order valence-corrected chi connectivity index (χ0v) is 27.9. The second-order valence-electron chi connectivity index (χ2n) is 11.0. The number of sulfonamides is 1. The van der Waals surface area contributed by atoms with Crippen molar-refractivity contribution in [2.75, 3.05) is 24.5 Å². The summed E-state index contributed by atoms with van der Waals surface area (Å²) in [6.45, 7) is 3.89. The quantitative estimate of drug-likeness (QED) is 0.149. The van der Waals surface area contributed by atoms with Crippen molar-refractivity contribution in [2.45, 2.75) is 50.6 Å². The minimum absolute atomic E-state index is 0.0191. The maximum atomic E-state index is 14.5. The van der Waals surface area contributed by atoms with E-state index in [0.29, 0.717) is 12.3 Å². The van der Waals surface area contributed by atoms with E-state index < -0.39 is 28.5 Å². The van der Waals surface area contributed by atoms with Crippen molar-refractivity contribution in [2.24, 2.45) is 0 Å². The number of benzene rings is 4. The third-order valence-corrected chi connectivity index (χ3v) is 9.69. The molecule has 1 N–H and O–H groups in total. The topological polar surface area (TPSA) is 96.0 Å². The molecule has 8 nitrogen and oxygen atoms in total. The molecule has 0 saturated carbocycles. The van der Waals surface area contributed by atoms with Crippen molar-refractivity contribution in [3.05, 3.63) is 125 Å². The van der Waals surface area contributed by atoms with E-state index in [0.717, 1.165) is 33.8 Å². The standard InChI is InChI=1S/C36H40ClN3O5S/c1-4-5-22-38-36(42)33(23-28-12-8-6-9-13-28)39(25-29-14-10-7-11-15-29)35(41)26-40(30-18-21-34(45-3)32(37)24-30)46(43,44)31-19-16-27(2)17-20-31/h6-21,24,33H,4-5,22-23,25-26H2,1-3H3,(H,38,42)/t33-/m0/s1. The average Bonchev–Trinajstić information content (AvgIpc) is 3.06. The van der Waals surface area contributed by atoms with Gasteiger partial charge in [-0.1, -0.05) is 103 Å². The number of ether oxygens (including phenoxy) is 1. The van der Waals surface area contributed by atoms with Crippen molar-refractivity contribution in [1.29, 1.82) is 0 Å². The van der Waals surface area contributed by atoms with E-state index in [1.165, 1.54) is 30.2 Å². The van der Waals surface area contributed by atoms with Crippen LogP contribution in [0.15, 0.2) is 108 Å². The molecular weight excluding hydrogens is 622 g/mol. The van der Waals surface area contributed by atoms with Gasteiger partial charge in [0.15, 0.2) is 0 Å². The number of aryl methyl sites for hydroxylation is 1. The number of amides is 2. The first kappa shape index (κ1) is 34.5. The molecule has 4 aromatic carbocycles. The molecule has 0 fully saturated rings. The molecule has 46 heavy (non-hydrogen) atoms. The number of unbranched alkanes of at least 4 members (excludes halogenated alkanes) is 1. The van der Waals surface area contributed by atoms with E-state index >= 15 is 0 Å². The number of carbonyl (C=O) groups is 2. The van der Waals surface area contributed by atoms with Crippen LogP contribution in [0.5, 0.6) is 5.75 Å². The van der Waals surface area contributed by atoms with Gasteiger partial charge < -0.3 is 15.0 Å². The lowest BCUT2D eigenvalue weighted by molar-refractivity contribution is -0.140. The van der Waals surface area contributed by atoms with Crippen molar-refractivity contribution >= 4 is 39.1 Å². The van der Waals surface area contributed by atoms with Gasteiger partial charge >= 0.3 is 0 Å². The molecule has 10 heteroatoms. The van der Waals surface area contributed by atoms with Gasteiger partial charge in [0, 0.05) is 19.5 Å². The van der Waals surface area contributed by atoms with Gasteiger partial charge in [0.2, 0.25) is 11.8 Å². The molecule has 0 aliphatic heterocycles. The highest BCUT2D eigenvalue weighted by molar-refractivity contribution is 7.92. The fourth-order valence-electron chi connectivity index (χ4n) is 5.02. The van der Waals surface area contributed by atoms with Crippen LogP contribution in [0.1, 0.15) is 36.5 Å². The Morgan fingerprint density at radius 1 is 0.891 bits per heavy atom. The summed E-state index contributed by atoms with van der Waals surface area (Å²) in [7, 11) is -2.78. The highest BCUT2D eigenvalue weighted by atomic mass is 35.5. The SMILES string of the molecule is CCCCNC(=O)[C@H](Cc1ccccc1)N(Cc1ccccc1)C(=O)CN(c1ccc(OC)c(Cl)c1)S(=O)(=O)c1ccc(C)cc1. The van der Waals surface area contributed by atoms with Gasteiger partial charge in [0.1, 0.15) is 18.3 Å². The minimum Gasteiger partial charge on any atom is -0.495 e. The zero-order valence-electron chi connectivity index (χ0n) is 26.4. The number of hydrogen-bond donors (Lipinski definition) is 1. The molecule has 0 radical (unpaired) electrons. The van der Waals surface area contributed by atoms with Gasteiger partial charge in [-0.05, 0) is 54.8 Å². The number of carbonyl (C=O) groups excluding carboxylic acids is 2. The second-order valence-corrected chi connectivity index (χ2v) is 13.3. The lowest BCUT2D eigenvalue weighted by Crippen LogP contribution is -2.53. The first-order valence-electron chi connectivity index (χ1n) is 15.2. The number of halogens is 1. The van der Waals surface area contributed by atoms with Crippen molar-refractivity contribution in [3.63, 3.8) is 0 Å². The number of anilines is 1. The molecule has 4 rings (SSSR count). The highest BCUT2D eigenvalue weighted by Crippen LogP contribution is 2.32. The molecule has 0 spiro atoms. The number of nitrogens with one attached hydrogen (secondary N) is 1. The summed E-state index contributed by atoms with van der Waals surface area (Å²) >= 11 is 6.44. The Bertz CT molecular complexity index is 1700. The maximum Gasteiger partial charge on any atom is 0.264 e. The van der Waals surface area contributed by atoms with Crippen molar-refractivity contribution in [1.82, 2.24) is 10.2 Å². The Morgan fingerprint density at radius 3 is 2.11 bits per heavy atom. The van der Waals surface area contributed by atoms with Crippen LogP contribution in [0.3, 0.4) is 0 Å². The van der Waals surface area contributed by atoms with E-state index in [2.05, 4.69) is 5.32 Å². The molecule has 0 saturated heterocycles. The normalized spacial score (nSPS) is 11.8. The lowest BCUT2D eigenvalue weighted by atomic mass is 10.0. The molecule has 0 unspecified atom stereocenters. The molecule has 0 aromatic heterocycles. The third kappa shape index (κ3) is 8.89. The van der Waals surface area contributed by atoms with E-state index in [1.54, 1.807) is 24.3 Å². The van der Waals surface area contributed by atoms with Crippen LogP contribution in [-0.4, -0.2) is 51.4 Å². The molecule has 4 aromatic rings. The predicted molar refractivity (Wildman–Crippen MR) is 183 cm³/mol. The van der Waals surface area contributed by atoms with Crippen molar-refractivity contribution < 1.29 is 22.7 Å². The third-order valence-electron chi connectivity index (χ3n) is 7.61. The largest absolute Gasteiger partial charge is 0.495 e. The second kappa shape index (κ2) is 16.3. The highest BCUT2D eigenvalue weighted by Gasteiger charge is 2.34. The molecule has 0 bridgehead atoms. The van der Waals surface area contributed by atoms with Crippen LogP contribution in [-0.2, 0) is 32.6 Å². The Labute approximate surface area is 277 Å². The summed E-state index contributed by atoms with van der Waals surface area (Å²) in [5.41, 5.74) is 2.75. The summed E-state index contributed by atoms with van der Waals surface area (Å²) in [5.74, 6) is -0.484. The van der Waals surface area contributed by atoms with E-state index in [9.17, 15) is 18.0 Å².